The van der Waals surface area contributed by atoms with Crippen LogP contribution in [-0.4, -0.2) is 36.1 Å². The molecule has 0 aliphatic carbocycles. The average Bonchev–Trinajstić information content (AvgIpc) is 1.99. The van der Waals surface area contributed by atoms with Crippen LogP contribution in [0.2, 0.25) is 0 Å². The highest BCUT2D eigenvalue weighted by Gasteiger charge is 2.04. The van der Waals surface area contributed by atoms with Gasteiger partial charge in [0.1, 0.15) is 0 Å². The first kappa shape index (κ1) is 9.88. The predicted octanol–water partition coefficient (Wildman–Crippen LogP) is 0.155. The smallest absolute Gasteiger partial charge is 0.0771 e. The highest BCUT2D eigenvalue weighted by Crippen LogP contribution is 2.02. The van der Waals surface area contributed by atoms with Crippen molar-refractivity contribution in [1.82, 2.24) is 0 Å². The van der Waals surface area contributed by atoms with E-state index in [0.717, 1.165) is 6.42 Å². The lowest BCUT2D eigenvalue weighted by molar-refractivity contribution is 0.0578. The number of rotatable bonds is 5. The molecule has 2 atom stereocenters. The van der Waals surface area contributed by atoms with Gasteiger partial charge in [0.05, 0.1) is 18.8 Å². The molecule has 0 aliphatic heterocycles. The van der Waals surface area contributed by atoms with Crippen molar-refractivity contribution in [3.63, 3.8) is 0 Å². The number of aliphatic hydroxyl groups excluding tert-OH is 2. The Labute approximate surface area is 61.6 Å². The summed E-state index contributed by atoms with van der Waals surface area (Å²) in [5, 5.41) is 17.3. The van der Waals surface area contributed by atoms with Gasteiger partial charge in [-0.3, -0.25) is 0 Å². The molecule has 0 saturated heterocycles. The molecule has 0 aromatic rings. The summed E-state index contributed by atoms with van der Waals surface area (Å²) in [5.41, 5.74) is 0. The molecule has 0 radical (unpaired) electrons. The maximum Gasteiger partial charge on any atom is 0.0771 e. The van der Waals surface area contributed by atoms with E-state index in [1.165, 1.54) is 0 Å². The van der Waals surface area contributed by atoms with E-state index in [2.05, 4.69) is 0 Å². The van der Waals surface area contributed by atoms with Crippen LogP contribution in [0.15, 0.2) is 0 Å². The quantitative estimate of drug-likeness (QED) is 0.583. The number of hydrogen-bond acceptors (Lipinski definition) is 3. The summed E-state index contributed by atoms with van der Waals surface area (Å²) in [6.07, 6.45) is 0.975. The van der Waals surface area contributed by atoms with Gasteiger partial charge in [-0.1, -0.05) is 0 Å². The largest absolute Gasteiger partial charge is 0.394 e. The first-order valence-corrected chi connectivity index (χ1v) is 3.52. The molecule has 0 aliphatic rings. The molecule has 0 rings (SSSR count). The summed E-state index contributed by atoms with van der Waals surface area (Å²) in [5.74, 6) is 0. The maximum atomic E-state index is 8.90. The van der Waals surface area contributed by atoms with Crippen LogP contribution in [0.25, 0.3) is 0 Å². The van der Waals surface area contributed by atoms with Crippen LogP contribution in [0.4, 0.5) is 0 Å². The third-order valence-corrected chi connectivity index (χ3v) is 1.52. The molecule has 0 aromatic carbocycles. The lowest BCUT2D eigenvalue weighted by atomic mass is 10.1. The fourth-order valence-electron chi connectivity index (χ4n) is 0.636. The van der Waals surface area contributed by atoms with Crippen molar-refractivity contribution in [2.24, 2.45) is 0 Å². The third kappa shape index (κ3) is 4.73. The molecule has 0 amide bonds. The first-order chi connectivity index (χ1) is 4.70. The van der Waals surface area contributed by atoms with Crippen LogP contribution in [0, 0.1) is 0 Å². The molecular weight excluding hydrogens is 132 g/mol. The molecule has 2 N–H and O–H groups in total. The second kappa shape index (κ2) is 5.65. The number of methoxy groups -OCH3 is 1. The number of hydrogen-bond donors (Lipinski definition) is 2. The van der Waals surface area contributed by atoms with Crippen molar-refractivity contribution in [2.75, 3.05) is 13.7 Å². The van der Waals surface area contributed by atoms with E-state index < -0.39 is 6.10 Å². The molecule has 0 spiro atoms. The molecule has 3 nitrogen and oxygen atoms in total. The fraction of sp³-hybridized carbons (Fsp3) is 1.00. The van der Waals surface area contributed by atoms with Gasteiger partial charge < -0.3 is 14.9 Å². The standard InChI is InChI=1S/C7H16O3/c1-6(10-2)3-4-7(9)5-8/h6-9H,3-5H2,1-2H3. The highest BCUT2D eigenvalue weighted by atomic mass is 16.5. The van der Waals surface area contributed by atoms with Gasteiger partial charge in [-0.25, -0.2) is 0 Å². The Hall–Kier alpha value is -0.120. The molecule has 0 bridgehead atoms. The van der Waals surface area contributed by atoms with Crippen molar-refractivity contribution in [2.45, 2.75) is 32.0 Å². The lowest BCUT2D eigenvalue weighted by Gasteiger charge is -2.11. The summed E-state index contributed by atoms with van der Waals surface area (Å²) in [4.78, 5) is 0. The second-order valence-corrected chi connectivity index (χ2v) is 2.46. The molecule has 62 valence electrons. The Kier molecular flexibility index (Phi) is 5.58. The summed E-state index contributed by atoms with van der Waals surface area (Å²) < 4.78 is 4.95. The summed E-state index contributed by atoms with van der Waals surface area (Å²) in [7, 11) is 1.63. The second-order valence-electron chi connectivity index (χ2n) is 2.46. The maximum absolute atomic E-state index is 8.90. The molecule has 0 aromatic heterocycles. The van der Waals surface area contributed by atoms with Gasteiger partial charge in [-0.05, 0) is 19.8 Å². The van der Waals surface area contributed by atoms with Crippen LogP contribution in [0.3, 0.4) is 0 Å². The minimum atomic E-state index is -0.586. The normalized spacial score (nSPS) is 16.8. The third-order valence-electron chi connectivity index (χ3n) is 1.52. The summed E-state index contributed by atoms with van der Waals surface area (Å²) in [6.45, 7) is 1.78. The van der Waals surface area contributed by atoms with Crippen molar-refractivity contribution >= 4 is 0 Å². The van der Waals surface area contributed by atoms with E-state index in [9.17, 15) is 0 Å². The Morgan fingerprint density at radius 1 is 1.40 bits per heavy atom. The minimum Gasteiger partial charge on any atom is -0.394 e. The number of aliphatic hydroxyl groups is 2. The minimum absolute atomic E-state index is 0.156. The Morgan fingerprint density at radius 2 is 2.00 bits per heavy atom. The SMILES string of the molecule is COC(C)CCC(O)CO. The van der Waals surface area contributed by atoms with Crippen LogP contribution in [-0.2, 0) is 4.74 Å². The molecule has 2 unspecified atom stereocenters. The van der Waals surface area contributed by atoms with E-state index in [1.54, 1.807) is 7.11 Å². The monoisotopic (exact) mass is 148 g/mol. The predicted molar refractivity (Wildman–Crippen MR) is 38.8 cm³/mol. The van der Waals surface area contributed by atoms with Gasteiger partial charge in [0.25, 0.3) is 0 Å². The molecular formula is C7H16O3. The summed E-state index contributed by atoms with van der Waals surface area (Å²) in [6, 6.07) is 0. The molecule has 3 heteroatoms. The van der Waals surface area contributed by atoms with Gasteiger partial charge in [-0.15, -0.1) is 0 Å². The van der Waals surface area contributed by atoms with Crippen molar-refractivity contribution in [3.05, 3.63) is 0 Å². The van der Waals surface area contributed by atoms with Crippen molar-refractivity contribution in [1.29, 1.82) is 0 Å². The topological polar surface area (TPSA) is 49.7 Å². The van der Waals surface area contributed by atoms with Gasteiger partial charge in [-0.2, -0.15) is 0 Å². The van der Waals surface area contributed by atoms with Crippen molar-refractivity contribution < 1.29 is 14.9 Å². The first-order valence-electron chi connectivity index (χ1n) is 3.52. The van der Waals surface area contributed by atoms with Crippen LogP contribution in [0.1, 0.15) is 19.8 Å². The summed E-state index contributed by atoms with van der Waals surface area (Å²) >= 11 is 0. The van der Waals surface area contributed by atoms with Crippen molar-refractivity contribution in [3.8, 4) is 0 Å². The van der Waals surface area contributed by atoms with Crippen LogP contribution in [0.5, 0.6) is 0 Å². The zero-order valence-corrected chi connectivity index (χ0v) is 6.58. The lowest BCUT2D eigenvalue weighted by Crippen LogP contribution is -2.15. The fourth-order valence-corrected chi connectivity index (χ4v) is 0.636. The molecule has 10 heavy (non-hydrogen) atoms. The van der Waals surface area contributed by atoms with Gasteiger partial charge in [0.15, 0.2) is 0 Å². The average molecular weight is 148 g/mol. The van der Waals surface area contributed by atoms with E-state index >= 15 is 0 Å². The van der Waals surface area contributed by atoms with E-state index in [-0.39, 0.29) is 12.7 Å². The Bertz CT molecular complexity index is 65.3. The molecule has 0 saturated carbocycles. The van der Waals surface area contributed by atoms with E-state index in [0.29, 0.717) is 6.42 Å². The van der Waals surface area contributed by atoms with E-state index in [4.69, 9.17) is 14.9 Å². The Morgan fingerprint density at radius 3 is 2.40 bits per heavy atom. The van der Waals surface area contributed by atoms with Gasteiger partial charge in [0.2, 0.25) is 0 Å². The highest BCUT2D eigenvalue weighted by molar-refractivity contribution is 4.56. The molecule has 0 heterocycles. The van der Waals surface area contributed by atoms with Gasteiger partial charge >= 0.3 is 0 Å². The van der Waals surface area contributed by atoms with Crippen LogP contribution >= 0.6 is 0 Å². The molecule has 0 fully saturated rings. The van der Waals surface area contributed by atoms with E-state index in [1.807, 2.05) is 6.92 Å². The zero-order chi connectivity index (χ0) is 7.98. The van der Waals surface area contributed by atoms with Gasteiger partial charge in [0, 0.05) is 7.11 Å². The number of ether oxygens (including phenoxy) is 1. The van der Waals surface area contributed by atoms with Crippen LogP contribution < -0.4 is 0 Å². The zero-order valence-electron chi connectivity index (χ0n) is 6.58. The Balaban J connectivity index is 3.17.